The first kappa shape index (κ1) is 19.9. The Bertz CT molecular complexity index is 1080. The van der Waals surface area contributed by atoms with Crippen LogP contribution in [0.25, 0.3) is 11.4 Å². The minimum Gasteiger partial charge on any atom is -0.497 e. The summed E-state index contributed by atoms with van der Waals surface area (Å²) in [5.74, 6) is 1.30. The second kappa shape index (κ2) is 7.81. The average Bonchev–Trinajstić information content (AvgIpc) is 3.34. The average molecular weight is 416 g/mol. The molecule has 0 bridgehead atoms. The zero-order valence-corrected chi connectivity index (χ0v) is 16.1. The van der Waals surface area contributed by atoms with Gasteiger partial charge in [0.15, 0.2) is 5.82 Å². The van der Waals surface area contributed by atoms with E-state index in [4.69, 9.17) is 4.74 Å². The lowest BCUT2D eigenvalue weighted by Crippen LogP contribution is -2.31. The molecule has 0 spiro atoms. The van der Waals surface area contributed by atoms with Gasteiger partial charge in [0.2, 0.25) is 5.91 Å². The number of aromatic nitrogens is 3. The molecule has 30 heavy (non-hydrogen) atoms. The molecular weight excluding hydrogens is 397 g/mol. The molecule has 1 aliphatic rings. The standard InChI is InChI=1S/C21H19F3N4O2/c1-30-16-7-2-4-13(10-16)12-25-20(29)17-8-9-18-26-27-19(28(17)18)14-5-3-6-15(11-14)21(22,23)24/h2-7,10-11,17H,8-9,12H2,1H3,(H,25,29). The monoisotopic (exact) mass is 416 g/mol. The number of fused-ring (bicyclic) bond motifs is 1. The normalized spacial score (nSPS) is 15.7. The molecule has 2 aromatic carbocycles. The van der Waals surface area contributed by atoms with Crippen LogP contribution in [0.1, 0.15) is 29.4 Å². The molecule has 2 heterocycles. The van der Waals surface area contributed by atoms with Gasteiger partial charge in [0.05, 0.1) is 12.7 Å². The Morgan fingerprint density at radius 3 is 2.77 bits per heavy atom. The predicted octanol–water partition coefficient (Wildman–Crippen LogP) is 3.78. The third-order valence-electron chi connectivity index (χ3n) is 5.07. The number of ether oxygens (including phenoxy) is 1. The Morgan fingerprint density at radius 1 is 1.20 bits per heavy atom. The molecule has 0 saturated carbocycles. The van der Waals surface area contributed by atoms with Crippen LogP contribution in [0.2, 0.25) is 0 Å². The van der Waals surface area contributed by atoms with E-state index in [1.165, 1.54) is 12.1 Å². The smallest absolute Gasteiger partial charge is 0.416 e. The van der Waals surface area contributed by atoms with E-state index in [0.717, 1.165) is 17.7 Å². The number of amides is 1. The van der Waals surface area contributed by atoms with Crippen molar-refractivity contribution in [1.29, 1.82) is 0 Å². The number of carbonyl (C=O) groups is 1. The third-order valence-corrected chi connectivity index (χ3v) is 5.07. The van der Waals surface area contributed by atoms with Crippen LogP contribution in [0.4, 0.5) is 13.2 Å². The van der Waals surface area contributed by atoms with Crippen molar-refractivity contribution < 1.29 is 22.7 Å². The van der Waals surface area contributed by atoms with Gasteiger partial charge in [-0.15, -0.1) is 10.2 Å². The maximum absolute atomic E-state index is 13.1. The SMILES string of the molecule is COc1cccc(CNC(=O)C2CCc3nnc(-c4cccc(C(F)(F)F)c4)n32)c1. The molecule has 1 unspecified atom stereocenters. The first-order chi connectivity index (χ1) is 14.4. The van der Waals surface area contributed by atoms with Gasteiger partial charge in [0, 0.05) is 18.5 Å². The van der Waals surface area contributed by atoms with Crippen LogP contribution in [-0.2, 0) is 23.9 Å². The van der Waals surface area contributed by atoms with Crippen molar-refractivity contribution in [3.8, 4) is 17.1 Å². The molecule has 6 nitrogen and oxygen atoms in total. The highest BCUT2D eigenvalue weighted by molar-refractivity contribution is 5.81. The summed E-state index contributed by atoms with van der Waals surface area (Å²) in [5, 5.41) is 11.0. The molecule has 4 rings (SSSR count). The Balaban J connectivity index is 1.56. The lowest BCUT2D eigenvalue weighted by molar-refractivity contribution is -0.137. The second-order valence-corrected chi connectivity index (χ2v) is 7.01. The zero-order valence-electron chi connectivity index (χ0n) is 16.1. The lowest BCUT2D eigenvalue weighted by atomic mass is 10.1. The molecule has 1 aromatic heterocycles. The van der Waals surface area contributed by atoms with E-state index in [1.807, 2.05) is 24.3 Å². The van der Waals surface area contributed by atoms with Crippen LogP contribution in [-0.4, -0.2) is 27.8 Å². The van der Waals surface area contributed by atoms with Crippen molar-refractivity contribution in [1.82, 2.24) is 20.1 Å². The van der Waals surface area contributed by atoms with Crippen LogP contribution >= 0.6 is 0 Å². The zero-order chi connectivity index (χ0) is 21.3. The van der Waals surface area contributed by atoms with Crippen LogP contribution in [0.5, 0.6) is 5.75 Å². The van der Waals surface area contributed by atoms with Crippen molar-refractivity contribution in [2.45, 2.75) is 31.6 Å². The number of nitrogens with zero attached hydrogens (tertiary/aromatic N) is 3. The number of methoxy groups -OCH3 is 1. The fourth-order valence-electron chi connectivity index (χ4n) is 3.59. The highest BCUT2D eigenvalue weighted by Gasteiger charge is 2.34. The van der Waals surface area contributed by atoms with E-state index >= 15 is 0 Å². The molecule has 1 N–H and O–H groups in total. The largest absolute Gasteiger partial charge is 0.497 e. The Morgan fingerprint density at radius 2 is 2.00 bits per heavy atom. The summed E-state index contributed by atoms with van der Waals surface area (Å²) in [6.45, 7) is 0.308. The quantitative estimate of drug-likeness (QED) is 0.688. The number of carbonyl (C=O) groups excluding carboxylic acids is 1. The number of halogens is 3. The summed E-state index contributed by atoms with van der Waals surface area (Å²) in [6, 6.07) is 11.7. The first-order valence-electron chi connectivity index (χ1n) is 9.39. The minimum atomic E-state index is -4.46. The number of rotatable bonds is 5. The van der Waals surface area contributed by atoms with Gasteiger partial charge in [-0.25, -0.2) is 0 Å². The lowest BCUT2D eigenvalue weighted by Gasteiger charge is -2.16. The van der Waals surface area contributed by atoms with Gasteiger partial charge in [-0.1, -0.05) is 24.3 Å². The van der Waals surface area contributed by atoms with Gasteiger partial charge in [-0.2, -0.15) is 13.2 Å². The molecule has 0 aliphatic carbocycles. The Kier molecular flexibility index (Phi) is 5.19. The van der Waals surface area contributed by atoms with Gasteiger partial charge in [0.25, 0.3) is 0 Å². The van der Waals surface area contributed by atoms with Gasteiger partial charge < -0.3 is 10.1 Å². The number of hydrogen-bond donors (Lipinski definition) is 1. The summed E-state index contributed by atoms with van der Waals surface area (Å²) in [7, 11) is 1.57. The molecule has 1 atom stereocenters. The maximum Gasteiger partial charge on any atom is 0.416 e. The molecule has 1 amide bonds. The summed E-state index contributed by atoms with van der Waals surface area (Å²) in [4.78, 5) is 12.8. The van der Waals surface area contributed by atoms with E-state index in [2.05, 4.69) is 15.5 Å². The van der Waals surface area contributed by atoms with Gasteiger partial charge >= 0.3 is 6.18 Å². The number of aryl methyl sites for hydroxylation is 1. The highest BCUT2D eigenvalue weighted by Crippen LogP contribution is 2.35. The van der Waals surface area contributed by atoms with Gasteiger partial charge in [-0.05, 0) is 36.2 Å². The fourth-order valence-corrected chi connectivity index (χ4v) is 3.59. The van der Waals surface area contributed by atoms with Crippen molar-refractivity contribution in [3.05, 3.63) is 65.5 Å². The molecule has 0 fully saturated rings. The molecule has 156 valence electrons. The maximum atomic E-state index is 13.1. The van der Waals surface area contributed by atoms with Gasteiger partial charge in [0.1, 0.15) is 17.6 Å². The van der Waals surface area contributed by atoms with E-state index < -0.39 is 17.8 Å². The third kappa shape index (κ3) is 3.87. The van der Waals surface area contributed by atoms with Crippen LogP contribution in [0.3, 0.4) is 0 Å². The van der Waals surface area contributed by atoms with Crippen LogP contribution < -0.4 is 10.1 Å². The number of hydrogen-bond acceptors (Lipinski definition) is 4. The van der Waals surface area contributed by atoms with Crippen LogP contribution in [0.15, 0.2) is 48.5 Å². The van der Waals surface area contributed by atoms with E-state index in [-0.39, 0.29) is 17.3 Å². The summed E-state index contributed by atoms with van der Waals surface area (Å²) >= 11 is 0. The molecule has 9 heteroatoms. The number of benzene rings is 2. The summed E-state index contributed by atoms with van der Waals surface area (Å²) < 4.78 is 46.1. The van der Waals surface area contributed by atoms with E-state index in [9.17, 15) is 18.0 Å². The fraction of sp³-hybridized carbons (Fsp3) is 0.286. The van der Waals surface area contributed by atoms with Crippen LogP contribution in [0, 0.1) is 0 Å². The molecular formula is C21H19F3N4O2. The Hall–Kier alpha value is -3.36. The number of nitrogens with one attached hydrogen (secondary N) is 1. The highest BCUT2D eigenvalue weighted by atomic mass is 19.4. The van der Waals surface area contributed by atoms with Crippen molar-refractivity contribution in [2.75, 3.05) is 7.11 Å². The summed E-state index contributed by atoms with van der Waals surface area (Å²) in [5.41, 5.74) is 0.383. The minimum absolute atomic E-state index is 0.232. The molecule has 0 saturated heterocycles. The number of alkyl halides is 3. The predicted molar refractivity (Wildman–Crippen MR) is 103 cm³/mol. The Labute approximate surface area is 170 Å². The molecule has 0 radical (unpaired) electrons. The van der Waals surface area contributed by atoms with E-state index in [1.54, 1.807) is 11.7 Å². The van der Waals surface area contributed by atoms with Crippen molar-refractivity contribution in [2.24, 2.45) is 0 Å². The topological polar surface area (TPSA) is 69.0 Å². The van der Waals surface area contributed by atoms with Crippen molar-refractivity contribution in [3.63, 3.8) is 0 Å². The summed E-state index contributed by atoms with van der Waals surface area (Å²) in [6.07, 6.45) is -3.42. The first-order valence-corrected chi connectivity index (χ1v) is 9.39. The van der Waals surface area contributed by atoms with Crippen molar-refractivity contribution >= 4 is 5.91 Å². The van der Waals surface area contributed by atoms with Gasteiger partial charge in [-0.3, -0.25) is 9.36 Å². The molecule has 1 aliphatic heterocycles. The van der Waals surface area contributed by atoms with E-state index in [0.29, 0.717) is 31.0 Å². The molecule has 3 aromatic rings. The second-order valence-electron chi connectivity index (χ2n) is 7.01.